The number of benzene rings is 1. The number of hydrogen-bond donors (Lipinski definition) is 2. The van der Waals surface area contributed by atoms with Gasteiger partial charge in [-0.15, -0.1) is 0 Å². The molecule has 0 fully saturated rings. The van der Waals surface area contributed by atoms with Crippen LogP contribution in [0.3, 0.4) is 0 Å². The van der Waals surface area contributed by atoms with Crippen molar-refractivity contribution in [1.29, 1.82) is 0 Å². The maximum absolute atomic E-state index is 8.45. The van der Waals surface area contributed by atoms with E-state index in [1.165, 1.54) is 0 Å². The molecule has 1 aromatic rings. The fourth-order valence-corrected chi connectivity index (χ4v) is 0.949. The van der Waals surface area contributed by atoms with Crippen LogP contribution in [0.5, 0.6) is 0 Å². The second kappa shape index (κ2) is 4.09. The summed E-state index contributed by atoms with van der Waals surface area (Å²) >= 11 is 5.72. The summed E-state index contributed by atoms with van der Waals surface area (Å²) in [5, 5.41) is 9.08. The van der Waals surface area contributed by atoms with E-state index >= 15 is 0 Å². The number of nitrogens with zero attached hydrogens (tertiary/aromatic N) is 1. The summed E-state index contributed by atoms with van der Waals surface area (Å²) in [4.78, 5) is 4.01. The maximum Gasteiger partial charge on any atom is 0.123 e. The van der Waals surface area contributed by atoms with Crippen LogP contribution < -0.4 is 5.48 Å². The van der Waals surface area contributed by atoms with Crippen LogP contribution in [-0.2, 0) is 0 Å². The van der Waals surface area contributed by atoms with Crippen molar-refractivity contribution in [1.82, 2.24) is 5.48 Å². The third kappa shape index (κ3) is 2.53. The summed E-state index contributed by atoms with van der Waals surface area (Å²) in [6.45, 7) is 1.65. The van der Waals surface area contributed by atoms with Gasteiger partial charge in [0.05, 0.1) is 5.69 Å². The minimum Gasteiger partial charge on any atom is -0.290 e. The Morgan fingerprint density at radius 2 is 2.33 bits per heavy atom. The lowest BCUT2D eigenvalue weighted by Gasteiger charge is -1.97. The molecular weight excluding hydrogens is 176 g/mol. The predicted molar refractivity (Wildman–Crippen MR) is 49.1 cm³/mol. The molecule has 0 saturated heterocycles. The van der Waals surface area contributed by atoms with E-state index in [0.29, 0.717) is 16.5 Å². The Balaban J connectivity index is 2.89. The van der Waals surface area contributed by atoms with Gasteiger partial charge in [0.25, 0.3) is 0 Å². The fraction of sp³-hybridized carbons (Fsp3) is 0.125. The summed E-state index contributed by atoms with van der Waals surface area (Å²) in [6, 6.07) is 7.07. The number of hydroxylamine groups is 1. The van der Waals surface area contributed by atoms with Gasteiger partial charge in [-0.3, -0.25) is 10.7 Å². The second-order valence-electron chi connectivity index (χ2n) is 2.29. The van der Waals surface area contributed by atoms with Gasteiger partial charge < -0.3 is 0 Å². The maximum atomic E-state index is 8.45. The standard InChI is InChI=1S/C8H9ClN2O/c1-6(11-12)10-8-4-2-3-7(9)5-8/h2-5,12H,1H3,(H,10,11). The van der Waals surface area contributed by atoms with Crippen LogP contribution in [0.2, 0.25) is 5.02 Å². The molecule has 0 aliphatic rings. The molecule has 1 rings (SSSR count). The molecule has 64 valence electrons. The van der Waals surface area contributed by atoms with E-state index < -0.39 is 0 Å². The van der Waals surface area contributed by atoms with E-state index in [1.54, 1.807) is 31.2 Å². The Kier molecular flexibility index (Phi) is 3.08. The Hall–Kier alpha value is -1.06. The molecule has 0 aliphatic carbocycles. The summed E-state index contributed by atoms with van der Waals surface area (Å²) < 4.78 is 0. The molecule has 2 N–H and O–H groups in total. The first-order valence-corrected chi connectivity index (χ1v) is 3.81. The molecule has 1 aromatic carbocycles. The molecule has 0 amide bonds. The van der Waals surface area contributed by atoms with Gasteiger partial charge in [-0.05, 0) is 25.1 Å². The van der Waals surface area contributed by atoms with E-state index in [0.717, 1.165) is 0 Å². The Morgan fingerprint density at radius 3 is 2.92 bits per heavy atom. The molecule has 3 nitrogen and oxygen atoms in total. The lowest BCUT2D eigenvalue weighted by molar-refractivity contribution is 0.234. The molecule has 0 spiro atoms. The summed E-state index contributed by atoms with van der Waals surface area (Å²) in [5.41, 5.74) is 2.65. The first-order valence-electron chi connectivity index (χ1n) is 3.43. The molecule has 0 atom stereocenters. The van der Waals surface area contributed by atoms with Crippen molar-refractivity contribution in [3.8, 4) is 0 Å². The monoisotopic (exact) mass is 184 g/mol. The average Bonchev–Trinajstić information content (AvgIpc) is 2.04. The highest BCUT2D eigenvalue weighted by Crippen LogP contribution is 2.17. The van der Waals surface area contributed by atoms with Crippen molar-refractivity contribution >= 4 is 23.1 Å². The van der Waals surface area contributed by atoms with Crippen LogP contribution >= 0.6 is 11.6 Å². The number of amidine groups is 1. The zero-order valence-electron chi connectivity index (χ0n) is 6.58. The molecule has 0 aromatic heterocycles. The number of rotatable bonds is 1. The van der Waals surface area contributed by atoms with Gasteiger partial charge in [0.2, 0.25) is 0 Å². The van der Waals surface area contributed by atoms with Crippen molar-refractivity contribution in [3.05, 3.63) is 29.3 Å². The molecule has 0 unspecified atom stereocenters. The lowest BCUT2D eigenvalue weighted by Crippen LogP contribution is -2.13. The molecule has 12 heavy (non-hydrogen) atoms. The van der Waals surface area contributed by atoms with Crippen LogP contribution in [0, 0.1) is 0 Å². The van der Waals surface area contributed by atoms with Gasteiger partial charge in [0.1, 0.15) is 5.84 Å². The largest absolute Gasteiger partial charge is 0.290 e. The Labute approximate surface area is 75.7 Å². The van der Waals surface area contributed by atoms with E-state index in [2.05, 4.69) is 4.99 Å². The first kappa shape index (κ1) is 9.03. The van der Waals surface area contributed by atoms with E-state index in [4.69, 9.17) is 16.8 Å². The van der Waals surface area contributed by atoms with Crippen molar-refractivity contribution in [2.75, 3.05) is 0 Å². The third-order valence-electron chi connectivity index (χ3n) is 1.27. The van der Waals surface area contributed by atoms with Crippen LogP contribution in [0.25, 0.3) is 0 Å². The summed E-state index contributed by atoms with van der Waals surface area (Å²) in [6.07, 6.45) is 0. The van der Waals surface area contributed by atoms with E-state index in [-0.39, 0.29) is 0 Å². The molecule has 0 heterocycles. The summed E-state index contributed by atoms with van der Waals surface area (Å²) in [7, 11) is 0. The van der Waals surface area contributed by atoms with Crippen molar-refractivity contribution in [3.63, 3.8) is 0 Å². The van der Waals surface area contributed by atoms with E-state index in [1.807, 2.05) is 5.48 Å². The summed E-state index contributed by atoms with van der Waals surface area (Å²) in [5.74, 6) is 0.428. The number of nitrogens with one attached hydrogen (secondary N) is 1. The molecule has 0 bridgehead atoms. The van der Waals surface area contributed by atoms with Crippen LogP contribution in [0.1, 0.15) is 6.92 Å². The molecule has 0 radical (unpaired) electrons. The Bertz CT molecular complexity index is 299. The quantitative estimate of drug-likeness (QED) is 0.400. The number of hydrogen-bond acceptors (Lipinski definition) is 2. The topological polar surface area (TPSA) is 44.6 Å². The van der Waals surface area contributed by atoms with Crippen LogP contribution in [0.4, 0.5) is 5.69 Å². The minimum absolute atomic E-state index is 0.428. The van der Waals surface area contributed by atoms with E-state index in [9.17, 15) is 0 Å². The molecule has 4 heteroatoms. The van der Waals surface area contributed by atoms with Gasteiger partial charge in [-0.25, -0.2) is 4.99 Å². The predicted octanol–water partition coefficient (Wildman–Crippen LogP) is 2.37. The lowest BCUT2D eigenvalue weighted by atomic mass is 10.3. The van der Waals surface area contributed by atoms with Gasteiger partial charge in [0.15, 0.2) is 0 Å². The average molecular weight is 185 g/mol. The third-order valence-corrected chi connectivity index (χ3v) is 1.50. The SMILES string of the molecule is CC(=Nc1cccc(Cl)c1)NO. The van der Waals surface area contributed by atoms with Gasteiger partial charge in [-0.2, -0.15) is 0 Å². The van der Waals surface area contributed by atoms with Crippen molar-refractivity contribution < 1.29 is 5.21 Å². The highest BCUT2D eigenvalue weighted by molar-refractivity contribution is 6.30. The normalized spacial score (nSPS) is 11.4. The molecular formula is C8H9ClN2O. The Morgan fingerprint density at radius 1 is 1.58 bits per heavy atom. The highest BCUT2D eigenvalue weighted by Gasteiger charge is 1.91. The zero-order valence-corrected chi connectivity index (χ0v) is 7.34. The number of aliphatic imine (C=N–C) groups is 1. The fourth-order valence-electron chi connectivity index (χ4n) is 0.764. The van der Waals surface area contributed by atoms with Gasteiger partial charge in [0, 0.05) is 5.02 Å². The zero-order chi connectivity index (χ0) is 8.97. The smallest absolute Gasteiger partial charge is 0.123 e. The number of halogens is 1. The van der Waals surface area contributed by atoms with Crippen LogP contribution in [0.15, 0.2) is 29.3 Å². The van der Waals surface area contributed by atoms with Crippen molar-refractivity contribution in [2.24, 2.45) is 4.99 Å². The molecule has 0 aliphatic heterocycles. The second-order valence-corrected chi connectivity index (χ2v) is 2.73. The van der Waals surface area contributed by atoms with Crippen molar-refractivity contribution in [2.45, 2.75) is 6.92 Å². The van der Waals surface area contributed by atoms with Crippen LogP contribution in [-0.4, -0.2) is 11.0 Å². The van der Waals surface area contributed by atoms with Gasteiger partial charge >= 0.3 is 0 Å². The first-order chi connectivity index (χ1) is 5.72. The highest BCUT2D eigenvalue weighted by atomic mass is 35.5. The molecule has 0 saturated carbocycles. The van der Waals surface area contributed by atoms with Gasteiger partial charge in [-0.1, -0.05) is 17.7 Å². The minimum atomic E-state index is 0.428.